The second-order valence-corrected chi connectivity index (χ2v) is 4.71. The number of carbonyl (C=O) groups excluding carboxylic acids is 2. The highest BCUT2D eigenvalue weighted by atomic mass is 16.5. The van der Waals surface area contributed by atoms with Gasteiger partial charge in [0.15, 0.2) is 5.78 Å². The highest BCUT2D eigenvalue weighted by Gasteiger charge is 2.80. The van der Waals surface area contributed by atoms with E-state index >= 15 is 0 Å². The van der Waals surface area contributed by atoms with Crippen molar-refractivity contribution in [2.24, 2.45) is 16.7 Å². The standard InChI is InChI=1S/C11H14O3/c1-6-5-11(9(13)14-4)8(7(6)12)10(11,2)3/h5,8H,1-4H3/t8-,11-/m1/s1. The summed E-state index contributed by atoms with van der Waals surface area (Å²) in [5.74, 6) is -0.374. The van der Waals surface area contributed by atoms with Crippen LogP contribution in [0.25, 0.3) is 0 Å². The van der Waals surface area contributed by atoms with E-state index in [1.807, 2.05) is 13.8 Å². The monoisotopic (exact) mass is 194 g/mol. The summed E-state index contributed by atoms with van der Waals surface area (Å²) in [6.45, 7) is 5.64. The van der Waals surface area contributed by atoms with E-state index in [1.54, 1.807) is 13.0 Å². The Morgan fingerprint density at radius 2 is 2.07 bits per heavy atom. The zero-order valence-corrected chi connectivity index (χ0v) is 8.88. The van der Waals surface area contributed by atoms with Crippen LogP contribution in [0.3, 0.4) is 0 Å². The maximum Gasteiger partial charge on any atom is 0.317 e. The quantitative estimate of drug-likeness (QED) is 0.591. The van der Waals surface area contributed by atoms with E-state index in [0.29, 0.717) is 5.57 Å². The van der Waals surface area contributed by atoms with Gasteiger partial charge in [-0.3, -0.25) is 9.59 Å². The van der Waals surface area contributed by atoms with E-state index in [2.05, 4.69) is 0 Å². The lowest BCUT2D eigenvalue weighted by Crippen LogP contribution is -2.20. The predicted molar refractivity (Wildman–Crippen MR) is 50.5 cm³/mol. The third kappa shape index (κ3) is 0.703. The van der Waals surface area contributed by atoms with Crippen LogP contribution in [0.15, 0.2) is 11.6 Å². The molecule has 76 valence electrons. The van der Waals surface area contributed by atoms with Crippen molar-refractivity contribution >= 4 is 11.8 Å². The number of carbonyl (C=O) groups is 2. The minimum Gasteiger partial charge on any atom is -0.468 e. The van der Waals surface area contributed by atoms with Gasteiger partial charge in [0.1, 0.15) is 5.41 Å². The Kier molecular flexibility index (Phi) is 1.53. The predicted octanol–water partition coefficient (Wildman–Crippen LogP) is 1.33. The number of ether oxygens (including phenoxy) is 1. The minimum absolute atomic E-state index is 0.0976. The van der Waals surface area contributed by atoms with E-state index in [-0.39, 0.29) is 23.1 Å². The molecule has 0 aromatic heterocycles. The largest absolute Gasteiger partial charge is 0.468 e. The van der Waals surface area contributed by atoms with Crippen LogP contribution in [0.5, 0.6) is 0 Å². The van der Waals surface area contributed by atoms with Gasteiger partial charge >= 0.3 is 5.97 Å². The van der Waals surface area contributed by atoms with Crippen LogP contribution in [0.4, 0.5) is 0 Å². The molecule has 3 heteroatoms. The lowest BCUT2D eigenvalue weighted by Gasteiger charge is -2.12. The smallest absolute Gasteiger partial charge is 0.317 e. The van der Waals surface area contributed by atoms with Crippen molar-refractivity contribution in [1.29, 1.82) is 0 Å². The van der Waals surface area contributed by atoms with Crippen molar-refractivity contribution in [2.45, 2.75) is 20.8 Å². The molecular formula is C11H14O3. The average Bonchev–Trinajstić information content (AvgIpc) is 2.43. The molecule has 0 aliphatic heterocycles. The molecule has 3 nitrogen and oxygen atoms in total. The van der Waals surface area contributed by atoms with Gasteiger partial charge in [-0.2, -0.15) is 0 Å². The van der Waals surface area contributed by atoms with E-state index in [0.717, 1.165) is 0 Å². The molecule has 1 saturated carbocycles. The Morgan fingerprint density at radius 3 is 2.50 bits per heavy atom. The first-order chi connectivity index (χ1) is 6.39. The van der Waals surface area contributed by atoms with Gasteiger partial charge in [-0.05, 0) is 17.9 Å². The van der Waals surface area contributed by atoms with Crippen LogP contribution in [0.1, 0.15) is 20.8 Å². The van der Waals surface area contributed by atoms with Gasteiger partial charge < -0.3 is 4.74 Å². The molecule has 0 aromatic rings. The molecule has 0 heterocycles. The Morgan fingerprint density at radius 1 is 1.50 bits per heavy atom. The number of hydrogen-bond donors (Lipinski definition) is 0. The maximum absolute atomic E-state index is 11.7. The normalized spacial score (nSPS) is 37.6. The molecule has 2 atom stereocenters. The van der Waals surface area contributed by atoms with Gasteiger partial charge in [0.05, 0.1) is 7.11 Å². The summed E-state index contributed by atoms with van der Waals surface area (Å²) in [5, 5.41) is 0. The number of hydrogen-bond acceptors (Lipinski definition) is 3. The van der Waals surface area contributed by atoms with Gasteiger partial charge in [0.25, 0.3) is 0 Å². The summed E-state index contributed by atoms with van der Waals surface area (Å²) < 4.78 is 4.78. The third-order valence-electron chi connectivity index (χ3n) is 3.78. The Bertz CT molecular complexity index is 365. The van der Waals surface area contributed by atoms with Gasteiger partial charge in [-0.25, -0.2) is 0 Å². The topological polar surface area (TPSA) is 43.4 Å². The molecule has 0 bridgehead atoms. The van der Waals surface area contributed by atoms with E-state index in [4.69, 9.17) is 4.74 Å². The number of rotatable bonds is 1. The molecule has 0 N–H and O–H groups in total. The molecule has 0 aromatic carbocycles. The fourth-order valence-corrected chi connectivity index (χ4v) is 2.85. The zero-order chi connectivity index (χ0) is 10.7. The number of ketones is 1. The first-order valence-electron chi connectivity index (χ1n) is 4.71. The van der Waals surface area contributed by atoms with Crippen molar-refractivity contribution in [2.75, 3.05) is 7.11 Å². The highest BCUT2D eigenvalue weighted by molar-refractivity contribution is 6.10. The highest BCUT2D eigenvalue weighted by Crippen LogP contribution is 2.74. The fourth-order valence-electron chi connectivity index (χ4n) is 2.85. The number of methoxy groups -OCH3 is 1. The zero-order valence-electron chi connectivity index (χ0n) is 8.88. The second-order valence-electron chi connectivity index (χ2n) is 4.71. The molecule has 1 fully saturated rings. The summed E-state index contributed by atoms with van der Waals surface area (Å²) in [4.78, 5) is 23.4. The Labute approximate surface area is 83.1 Å². The molecular weight excluding hydrogens is 180 g/mol. The van der Waals surface area contributed by atoms with Gasteiger partial charge in [0.2, 0.25) is 0 Å². The molecule has 0 amide bonds. The first kappa shape index (κ1) is 9.44. The lowest BCUT2D eigenvalue weighted by atomic mass is 9.93. The summed E-state index contributed by atoms with van der Waals surface area (Å²) in [6, 6.07) is 0. The fraction of sp³-hybridized carbons (Fsp3) is 0.636. The van der Waals surface area contributed by atoms with Crippen LogP contribution in [-0.2, 0) is 14.3 Å². The van der Waals surface area contributed by atoms with Gasteiger partial charge in [-0.15, -0.1) is 0 Å². The number of fused-ring (bicyclic) bond motifs is 1. The minimum atomic E-state index is -0.664. The molecule has 0 radical (unpaired) electrons. The SMILES string of the molecule is COC(=O)[C@@]12C=C(C)C(=O)[C@@H]1C2(C)C. The van der Waals surface area contributed by atoms with Crippen molar-refractivity contribution in [3.05, 3.63) is 11.6 Å². The third-order valence-corrected chi connectivity index (χ3v) is 3.78. The number of allylic oxidation sites excluding steroid dienone is 1. The second kappa shape index (κ2) is 2.27. The Balaban J connectivity index is 2.47. The molecule has 0 unspecified atom stereocenters. The van der Waals surface area contributed by atoms with Crippen molar-refractivity contribution in [3.8, 4) is 0 Å². The van der Waals surface area contributed by atoms with Crippen molar-refractivity contribution < 1.29 is 14.3 Å². The van der Waals surface area contributed by atoms with Crippen LogP contribution >= 0.6 is 0 Å². The molecule has 2 aliphatic carbocycles. The van der Waals surface area contributed by atoms with Crippen molar-refractivity contribution in [1.82, 2.24) is 0 Å². The van der Waals surface area contributed by atoms with Gasteiger partial charge in [0, 0.05) is 5.92 Å². The summed E-state index contributed by atoms with van der Waals surface area (Å²) in [7, 11) is 1.37. The van der Waals surface area contributed by atoms with E-state index in [1.165, 1.54) is 7.11 Å². The number of Topliss-reactive ketones (excluding diaryl/α,β-unsaturated/α-hetero) is 1. The lowest BCUT2D eigenvalue weighted by molar-refractivity contribution is -0.146. The van der Waals surface area contributed by atoms with Gasteiger partial charge in [-0.1, -0.05) is 19.9 Å². The summed E-state index contributed by atoms with van der Waals surface area (Å²) in [5.41, 5.74) is -0.237. The Hall–Kier alpha value is -1.12. The van der Waals surface area contributed by atoms with Crippen LogP contribution in [0, 0.1) is 16.7 Å². The molecule has 0 saturated heterocycles. The summed E-state index contributed by atoms with van der Waals surface area (Å²) >= 11 is 0. The molecule has 0 spiro atoms. The summed E-state index contributed by atoms with van der Waals surface area (Å²) in [6.07, 6.45) is 1.78. The molecule has 2 aliphatic rings. The van der Waals surface area contributed by atoms with Crippen LogP contribution < -0.4 is 0 Å². The van der Waals surface area contributed by atoms with E-state index < -0.39 is 5.41 Å². The average molecular weight is 194 g/mol. The number of esters is 1. The van der Waals surface area contributed by atoms with Crippen LogP contribution in [0.2, 0.25) is 0 Å². The maximum atomic E-state index is 11.7. The van der Waals surface area contributed by atoms with E-state index in [9.17, 15) is 9.59 Å². The van der Waals surface area contributed by atoms with Crippen molar-refractivity contribution in [3.63, 3.8) is 0 Å². The first-order valence-corrected chi connectivity index (χ1v) is 4.71. The molecule has 2 rings (SSSR count). The molecule has 14 heavy (non-hydrogen) atoms. The van der Waals surface area contributed by atoms with Crippen LogP contribution in [-0.4, -0.2) is 18.9 Å².